The van der Waals surface area contributed by atoms with Crippen LogP contribution in [-0.2, 0) is 10.8 Å². The molecule has 7 aromatic rings. The van der Waals surface area contributed by atoms with E-state index in [1.165, 1.54) is 39.0 Å². The van der Waals surface area contributed by atoms with Crippen molar-refractivity contribution in [1.29, 1.82) is 0 Å². The van der Waals surface area contributed by atoms with E-state index < -0.39 is 0 Å². The third-order valence-electron chi connectivity index (χ3n) is 9.85. The minimum Gasteiger partial charge on any atom is -0.439 e. The van der Waals surface area contributed by atoms with Gasteiger partial charge in [-0.3, -0.25) is 4.57 Å². The van der Waals surface area contributed by atoms with Gasteiger partial charge in [0, 0.05) is 48.0 Å². The van der Waals surface area contributed by atoms with Crippen LogP contribution >= 0.6 is 0 Å². The predicted molar refractivity (Wildman–Crippen MR) is 208 cm³/mol. The predicted octanol–water partition coefficient (Wildman–Crippen LogP) is 11.2. The normalized spacial score (nSPS) is 13.3. The number of para-hydroxylation sites is 2. The summed E-state index contributed by atoms with van der Waals surface area (Å²) in [7, 11) is 2.11. The Balaban J connectivity index is 1.22. The second-order valence-corrected chi connectivity index (χ2v) is 15.4. The Hall–Kier alpha value is -5.62. The number of anilines is 3. The second kappa shape index (κ2) is 11.8. The summed E-state index contributed by atoms with van der Waals surface area (Å²) in [6, 6.07) is 38.9. The quantitative estimate of drug-likeness (QED) is 0.184. The van der Waals surface area contributed by atoms with Crippen LogP contribution in [0.3, 0.4) is 0 Å². The van der Waals surface area contributed by atoms with Gasteiger partial charge in [0.2, 0.25) is 5.88 Å². The zero-order valence-electron chi connectivity index (χ0n) is 29.9. The third kappa shape index (κ3) is 5.65. The Morgan fingerprint density at radius 2 is 1.32 bits per heavy atom. The smallest absolute Gasteiger partial charge is 0.221 e. The molecule has 3 aromatic heterocycles. The molecule has 1 aliphatic rings. The molecule has 0 atom stereocenters. The van der Waals surface area contributed by atoms with E-state index in [2.05, 4.69) is 159 Å². The van der Waals surface area contributed by atoms with Crippen LogP contribution in [0.25, 0.3) is 38.8 Å². The fraction of sp³-hybridized carbons (Fsp3) is 0.227. The number of aromatic nitrogens is 3. The zero-order chi connectivity index (χ0) is 34.8. The molecular formula is C44H43N5O. The lowest BCUT2D eigenvalue weighted by Crippen LogP contribution is -2.23. The lowest BCUT2D eigenvalue weighted by molar-refractivity contribution is 0.463. The Labute approximate surface area is 294 Å². The highest BCUT2D eigenvalue weighted by atomic mass is 16.5. The fourth-order valence-electron chi connectivity index (χ4n) is 7.00. The van der Waals surface area contributed by atoms with E-state index in [1.54, 1.807) is 0 Å². The summed E-state index contributed by atoms with van der Waals surface area (Å²) >= 11 is 0. The van der Waals surface area contributed by atoms with Crippen LogP contribution in [0.2, 0.25) is 0 Å². The third-order valence-corrected chi connectivity index (χ3v) is 9.85. The molecular weight excluding hydrogens is 615 g/mol. The van der Waals surface area contributed by atoms with E-state index in [0.717, 1.165) is 40.3 Å². The summed E-state index contributed by atoms with van der Waals surface area (Å²) in [6.07, 6.45) is 3.74. The molecule has 6 heteroatoms. The molecule has 0 bridgehead atoms. The largest absolute Gasteiger partial charge is 0.439 e. The Kier molecular flexibility index (Phi) is 7.44. The van der Waals surface area contributed by atoms with Gasteiger partial charge in [-0.1, -0.05) is 84.0 Å². The standard InChI is InChI=1S/C44H43N5O/c1-43(2,3)31-15-12-29(13-16-31)30-14-19-37-36(24-30)35-18-17-34(27-40(35)49(37)41-25-32(20-22-45-41)44(4,5)6)50-42-26-33(21-23-46-42)48-28-47(7)38-10-8-9-11-39(38)48/h8-27H,28H2,1-7H3. The Bertz CT molecular complexity index is 2380. The van der Waals surface area contributed by atoms with Gasteiger partial charge in [0.1, 0.15) is 11.6 Å². The molecule has 50 heavy (non-hydrogen) atoms. The summed E-state index contributed by atoms with van der Waals surface area (Å²) in [5, 5.41) is 2.31. The van der Waals surface area contributed by atoms with Crippen molar-refractivity contribution >= 4 is 38.9 Å². The van der Waals surface area contributed by atoms with Crippen molar-refractivity contribution in [2.75, 3.05) is 23.5 Å². The van der Waals surface area contributed by atoms with Gasteiger partial charge in [-0.2, -0.15) is 0 Å². The first-order valence-electron chi connectivity index (χ1n) is 17.3. The van der Waals surface area contributed by atoms with Gasteiger partial charge in [0.15, 0.2) is 0 Å². The lowest BCUT2D eigenvalue weighted by Gasteiger charge is -2.20. The van der Waals surface area contributed by atoms with E-state index in [-0.39, 0.29) is 10.8 Å². The van der Waals surface area contributed by atoms with Crippen molar-refractivity contribution in [3.05, 3.63) is 133 Å². The highest BCUT2D eigenvalue weighted by molar-refractivity contribution is 6.10. The number of pyridine rings is 2. The molecule has 0 fully saturated rings. The van der Waals surface area contributed by atoms with E-state index >= 15 is 0 Å². The molecule has 0 saturated carbocycles. The van der Waals surface area contributed by atoms with Crippen molar-refractivity contribution in [3.8, 4) is 28.6 Å². The maximum absolute atomic E-state index is 6.51. The van der Waals surface area contributed by atoms with Crippen molar-refractivity contribution in [2.24, 2.45) is 0 Å². The van der Waals surface area contributed by atoms with Gasteiger partial charge in [-0.15, -0.1) is 0 Å². The van der Waals surface area contributed by atoms with Crippen molar-refractivity contribution < 1.29 is 4.74 Å². The van der Waals surface area contributed by atoms with Gasteiger partial charge < -0.3 is 14.5 Å². The average molecular weight is 658 g/mol. The molecule has 0 radical (unpaired) electrons. The van der Waals surface area contributed by atoms with Gasteiger partial charge in [-0.05, 0) is 87.7 Å². The number of hydrogen-bond acceptors (Lipinski definition) is 5. The van der Waals surface area contributed by atoms with Crippen LogP contribution in [-0.4, -0.2) is 28.3 Å². The number of fused-ring (bicyclic) bond motifs is 4. The first kappa shape index (κ1) is 31.6. The Morgan fingerprint density at radius 3 is 2.08 bits per heavy atom. The molecule has 4 aromatic carbocycles. The monoisotopic (exact) mass is 657 g/mol. The highest BCUT2D eigenvalue weighted by Crippen LogP contribution is 2.41. The molecule has 1 aliphatic heterocycles. The number of benzene rings is 4. The Morgan fingerprint density at radius 1 is 0.600 bits per heavy atom. The fourth-order valence-corrected chi connectivity index (χ4v) is 7.00. The van der Waals surface area contributed by atoms with Gasteiger partial charge in [0.25, 0.3) is 0 Å². The van der Waals surface area contributed by atoms with Crippen molar-refractivity contribution in [1.82, 2.24) is 14.5 Å². The van der Waals surface area contributed by atoms with Gasteiger partial charge in [0.05, 0.1) is 29.1 Å². The van der Waals surface area contributed by atoms with Crippen LogP contribution in [0.1, 0.15) is 52.7 Å². The summed E-state index contributed by atoms with van der Waals surface area (Å²) in [5.74, 6) is 2.15. The molecule has 8 rings (SSSR count). The SMILES string of the molecule is CN1CN(c2ccnc(Oc3ccc4c5cc(-c6ccc(C(C)(C)C)cc6)ccc5n(-c5cc(C(C)(C)C)ccn5)c4c3)c2)c2ccccc21. The summed E-state index contributed by atoms with van der Waals surface area (Å²) in [5.41, 5.74) is 10.6. The van der Waals surface area contributed by atoms with Crippen molar-refractivity contribution in [2.45, 2.75) is 52.4 Å². The number of ether oxygens (including phenoxy) is 1. The molecule has 0 saturated heterocycles. The molecule has 250 valence electrons. The first-order valence-corrected chi connectivity index (χ1v) is 17.3. The highest BCUT2D eigenvalue weighted by Gasteiger charge is 2.25. The average Bonchev–Trinajstić information content (AvgIpc) is 3.61. The molecule has 0 N–H and O–H groups in total. The summed E-state index contributed by atoms with van der Waals surface area (Å²) in [6.45, 7) is 14.2. The van der Waals surface area contributed by atoms with E-state index in [1.807, 2.05) is 30.6 Å². The molecule has 0 spiro atoms. The maximum atomic E-state index is 6.51. The maximum Gasteiger partial charge on any atom is 0.221 e. The molecule has 0 unspecified atom stereocenters. The minimum atomic E-state index is -0.0154. The number of rotatable bonds is 5. The van der Waals surface area contributed by atoms with E-state index in [4.69, 9.17) is 9.72 Å². The second-order valence-electron chi connectivity index (χ2n) is 15.4. The molecule has 6 nitrogen and oxygen atoms in total. The van der Waals surface area contributed by atoms with E-state index in [9.17, 15) is 0 Å². The first-order chi connectivity index (χ1) is 23.9. The zero-order valence-corrected chi connectivity index (χ0v) is 29.9. The topological polar surface area (TPSA) is 46.4 Å². The molecule has 0 aliphatic carbocycles. The molecule has 4 heterocycles. The van der Waals surface area contributed by atoms with E-state index in [0.29, 0.717) is 5.88 Å². The van der Waals surface area contributed by atoms with Crippen LogP contribution in [0.5, 0.6) is 11.6 Å². The number of hydrogen-bond donors (Lipinski definition) is 0. The van der Waals surface area contributed by atoms with Crippen LogP contribution in [0.15, 0.2) is 122 Å². The summed E-state index contributed by atoms with van der Waals surface area (Å²) < 4.78 is 8.78. The van der Waals surface area contributed by atoms with Crippen molar-refractivity contribution in [3.63, 3.8) is 0 Å². The number of nitrogens with zero attached hydrogens (tertiary/aromatic N) is 5. The van der Waals surface area contributed by atoms with Crippen LogP contribution in [0, 0.1) is 0 Å². The van der Waals surface area contributed by atoms with Gasteiger partial charge in [-0.25, -0.2) is 9.97 Å². The van der Waals surface area contributed by atoms with Crippen LogP contribution in [0.4, 0.5) is 17.1 Å². The van der Waals surface area contributed by atoms with Crippen LogP contribution < -0.4 is 14.5 Å². The molecule has 0 amide bonds. The van der Waals surface area contributed by atoms with Gasteiger partial charge >= 0.3 is 0 Å². The lowest BCUT2D eigenvalue weighted by atomic mass is 9.86. The minimum absolute atomic E-state index is 0.0154. The summed E-state index contributed by atoms with van der Waals surface area (Å²) in [4.78, 5) is 14.0.